The van der Waals surface area contributed by atoms with Gasteiger partial charge in [0.25, 0.3) is 11.5 Å². The summed E-state index contributed by atoms with van der Waals surface area (Å²) in [6.45, 7) is 3.42. The van der Waals surface area contributed by atoms with E-state index in [4.69, 9.17) is 0 Å². The third-order valence-electron chi connectivity index (χ3n) is 4.67. The number of fused-ring (bicyclic) bond motifs is 1. The molecule has 0 aliphatic carbocycles. The number of aryl methyl sites for hydroxylation is 1. The Labute approximate surface area is 178 Å². The number of amides is 3. The summed E-state index contributed by atoms with van der Waals surface area (Å²) in [7, 11) is 0. The number of rotatable bonds is 6. The van der Waals surface area contributed by atoms with Gasteiger partial charge in [-0.15, -0.1) is 0 Å². The zero-order chi connectivity index (χ0) is 22.4. The fourth-order valence-electron chi connectivity index (χ4n) is 3.22. The van der Waals surface area contributed by atoms with Crippen LogP contribution in [-0.2, 0) is 16.1 Å². The molecule has 0 fully saturated rings. The number of nitrogens with one attached hydrogen (secondary N) is 3. The molecular weight excluding hydrogens is 398 g/mol. The van der Waals surface area contributed by atoms with Crippen molar-refractivity contribution in [2.24, 2.45) is 0 Å². The van der Waals surface area contributed by atoms with Crippen LogP contribution in [0, 0.1) is 0 Å². The average molecular weight is 421 g/mol. The molecular formula is C22H23N5O4. The molecule has 0 spiro atoms. The normalized spacial score (nSPS) is 11.5. The maximum atomic E-state index is 12.7. The molecule has 2 aromatic carbocycles. The Morgan fingerprint density at radius 3 is 2.26 bits per heavy atom. The first-order valence-electron chi connectivity index (χ1n) is 9.81. The van der Waals surface area contributed by atoms with Crippen LogP contribution in [0.15, 0.2) is 59.4 Å². The topological polar surface area (TPSA) is 122 Å². The zero-order valence-corrected chi connectivity index (χ0v) is 17.2. The van der Waals surface area contributed by atoms with Gasteiger partial charge < -0.3 is 5.32 Å². The van der Waals surface area contributed by atoms with Crippen molar-refractivity contribution in [3.05, 3.63) is 76.2 Å². The van der Waals surface area contributed by atoms with E-state index in [9.17, 15) is 19.2 Å². The van der Waals surface area contributed by atoms with E-state index in [1.54, 1.807) is 43.3 Å². The van der Waals surface area contributed by atoms with Crippen LogP contribution in [0.4, 0.5) is 0 Å². The SMILES string of the molecule is CCn1nc(C(=O)NNC(=O)C[C@@H](NC(C)=O)c2ccccc2)c2ccccc2c1=O. The Hall–Kier alpha value is -4.01. The van der Waals surface area contributed by atoms with Crippen LogP contribution in [0.5, 0.6) is 0 Å². The van der Waals surface area contributed by atoms with Crippen LogP contribution >= 0.6 is 0 Å². The van der Waals surface area contributed by atoms with Crippen molar-refractivity contribution in [3.8, 4) is 0 Å². The first-order valence-corrected chi connectivity index (χ1v) is 9.81. The van der Waals surface area contributed by atoms with Gasteiger partial charge in [-0.3, -0.25) is 30.0 Å². The standard InChI is InChI=1S/C22H23N5O4/c1-3-27-22(31)17-12-8-7-11-16(17)20(26-27)21(30)25-24-19(29)13-18(23-14(2)28)15-9-5-4-6-10-15/h4-12,18H,3,13H2,1-2H3,(H,23,28)(H,24,29)(H,25,30)/t18-/m1/s1. The summed E-state index contributed by atoms with van der Waals surface area (Å²) in [6, 6.07) is 15.2. The lowest BCUT2D eigenvalue weighted by Gasteiger charge is -2.18. The summed E-state index contributed by atoms with van der Waals surface area (Å²) < 4.78 is 1.20. The number of aromatic nitrogens is 2. The van der Waals surface area contributed by atoms with E-state index in [0.29, 0.717) is 17.3 Å². The summed E-state index contributed by atoms with van der Waals surface area (Å²) in [5.74, 6) is -1.42. The van der Waals surface area contributed by atoms with Gasteiger partial charge in [-0.2, -0.15) is 5.10 Å². The second kappa shape index (κ2) is 9.66. The highest BCUT2D eigenvalue weighted by atomic mass is 16.2. The Kier molecular flexibility index (Phi) is 6.76. The number of nitrogens with zero attached hydrogens (tertiary/aromatic N) is 2. The Balaban J connectivity index is 1.74. The van der Waals surface area contributed by atoms with Gasteiger partial charge in [-0.05, 0) is 18.6 Å². The molecule has 3 amide bonds. The Bertz CT molecular complexity index is 1170. The van der Waals surface area contributed by atoms with Gasteiger partial charge in [0.1, 0.15) is 0 Å². The number of hydrogen-bond donors (Lipinski definition) is 3. The predicted molar refractivity (Wildman–Crippen MR) is 115 cm³/mol. The number of carbonyl (C=O) groups excluding carboxylic acids is 3. The second-order valence-electron chi connectivity index (χ2n) is 6.89. The molecule has 0 radical (unpaired) electrons. The molecule has 31 heavy (non-hydrogen) atoms. The lowest BCUT2D eigenvalue weighted by Crippen LogP contribution is -2.44. The van der Waals surface area contributed by atoms with E-state index in [0.717, 1.165) is 5.56 Å². The molecule has 9 heteroatoms. The molecule has 0 aliphatic heterocycles. The molecule has 1 heterocycles. The van der Waals surface area contributed by atoms with Gasteiger partial charge in [0.05, 0.1) is 17.8 Å². The fraction of sp³-hybridized carbons (Fsp3) is 0.227. The summed E-state index contributed by atoms with van der Waals surface area (Å²) in [5, 5.41) is 7.62. The highest BCUT2D eigenvalue weighted by Gasteiger charge is 2.19. The van der Waals surface area contributed by atoms with Crippen LogP contribution in [0.25, 0.3) is 10.8 Å². The summed E-state index contributed by atoms with van der Waals surface area (Å²) in [5.41, 5.74) is 5.20. The van der Waals surface area contributed by atoms with Crippen molar-refractivity contribution in [1.29, 1.82) is 0 Å². The number of benzene rings is 2. The lowest BCUT2D eigenvalue weighted by molar-refractivity contribution is -0.123. The van der Waals surface area contributed by atoms with Crippen LogP contribution in [0.1, 0.15) is 42.4 Å². The van der Waals surface area contributed by atoms with Crippen molar-refractivity contribution in [2.75, 3.05) is 0 Å². The number of hydrazine groups is 1. The molecule has 9 nitrogen and oxygen atoms in total. The average Bonchev–Trinajstić information content (AvgIpc) is 2.78. The molecule has 0 saturated carbocycles. The second-order valence-corrected chi connectivity index (χ2v) is 6.89. The number of hydrogen-bond acceptors (Lipinski definition) is 5. The van der Waals surface area contributed by atoms with Crippen molar-refractivity contribution in [3.63, 3.8) is 0 Å². The van der Waals surface area contributed by atoms with Crippen LogP contribution in [0.2, 0.25) is 0 Å². The first kappa shape index (κ1) is 21.7. The van der Waals surface area contributed by atoms with E-state index in [1.807, 2.05) is 18.2 Å². The highest BCUT2D eigenvalue weighted by molar-refractivity contribution is 6.05. The third-order valence-corrected chi connectivity index (χ3v) is 4.67. The van der Waals surface area contributed by atoms with E-state index in [-0.39, 0.29) is 23.6 Å². The summed E-state index contributed by atoms with van der Waals surface area (Å²) >= 11 is 0. The summed E-state index contributed by atoms with van der Waals surface area (Å²) in [4.78, 5) is 49.1. The minimum atomic E-state index is -0.650. The number of carbonyl (C=O) groups is 3. The highest BCUT2D eigenvalue weighted by Crippen LogP contribution is 2.16. The molecule has 0 bridgehead atoms. The molecule has 1 aromatic heterocycles. The van der Waals surface area contributed by atoms with Gasteiger partial charge in [-0.25, -0.2) is 4.68 Å². The first-order chi connectivity index (χ1) is 14.9. The smallest absolute Gasteiger partial charge is 0.290 e. The van der Waals surface area contributed by atoms with E-state index < -0.39 is 17.9 Å². The molecule has 3 rings (SSSR count). The van der Waals surface area contributed by atoms with Gasteiger partial charge in [0, 0.05) is 18.9 Å². The molecule has 0 saturated heterocycles. The minimum absolute atomic E-state index is 0.0267. The molecule has 0 unspecified atom stereocenters. The lowest BCUT2D eigenvalue weighted by atomic mass is 10.0. The van der Waals surface area contributed by atoms with Crippen LogP contribution < -0.4 is 21.7 Å². The van der Waals surface area contributed by atoms with Gasteiger partial charge in [-0.1, -0.05) is 48.5 Å². The third kappa shape index (κ3) is 5.13. The van der Waals surface area contributed by atoms with Gasteiger partial charge >= 0.3 is 0 Å². The molecule has 3 aromatic rings. The molecule has 1 atom stereocenters. The van der Waals surface area contributed by atoms with E-state index in [2.05, 4.69) is 21.3 Å². The predicted octanol–water partition coefficient (Wildman–Crippen LogP) is 1.44. The summed E-state index contributed by atoms with van der Waals surface area (Å²) in [6.07, 6.45) is -0.0769. The Morgan fingerprint density at radius 2 is 1.61 bits per heavy atom. The van der Waals surface area contributed by atoms with Crippen LogP contribution in [0.3, 0.4) is 0 Å². The minimum Gasteiger partial charge on any atom is -0.349 e. The van der Waals surface area contributed by atoms with Crippen molar-refractivity contribution < 1.29 is 14.4 Å². The largest absolute Gasteiger partial charge is 0.349 e. The zero-order valence-electron chi connectivity index (χ0n) is 17.2. The van der Waals surface area contributed by atoms with Crippen molar-refractivity contribution in [2.45, 2.75) is 32.9 Å². The molecule has 3 N–H and O–H groups in total. The van der Waals surface area contributed by atoms with Crippen molar-refractivity contribution in [1.82, 2.24) is 25.9 Å². The van der Waals surface area contributed by atoms with Crippen LogP contribution in [-0.4, -0.2) is 27.5 Å². The van der Waals surface area contributed by atoms with E-state index >= 15 is 0 Å². The van der Waals surface area contributed by atoms with Gasteiger partial charge in [0.2, 0.25) is 11.8 Å². The molecule has 160 valence electrons. The fourth-order valence-corrected chi connectivity index (χ4v) is 3.22. The Morgan fingerprint density at radius 1 is 0.968 bits per heavy atom. The molecule has 0 aliphatic rings. The maximum Gasteiger partial charge on any atom is 0.290 e. The van der Waals surface area contributed by atoms with E-state index in [1.165, 1.54) is 11.6 Å². The quantitative estimate of drug-likeness (QED) is 0.520. The monoisotopic (exact) mass is 421 g/mol. The van der Waals surface area contributed by atoms with Crippen molar-refractivity contribution >= 4 is 28.5 Å². The van der Waals surface area contributed by atoms with Gasteiger partial charge in [0.15, 0.2) is 5.69 Å². The maximum absolute atomic E-state index is 12.7.